The zero-order chi connectivity index (χ0) is 20.9. The van der Waals surface area contributed by atoms with Gasteiger partial charge in [-0.05, 0) is 24.6 Å². The molecule has 1 aliphatic rings. The van der Waals surface area contributed by atoms with Crippen LogP contribution in [0.4, 0.5) is 0 Å². The SMILES string of the molecule is CCCCCC(=O)N1C=CN=C(c2ccccc2-n2nc3ccc(OC)cc3n2)C1. The largest absolute Gasteiger partial charge is 0.497 e. The van der Waals surface area contributed by atoms with Crippen molar-refractivity contribution in [3.05, 3.63) is 60.4 Å². The van der Waals surface area contributed by atoms with Crippen molar-refractivity contribution in [1.82, 2.24) is 19.9 Å². The number of para-hydroxylation sites is 1. The van der Waals surface area contributed by atoms with Crippen LogP contribution in [0.25, 0.3) is 16.7 Å². The third kappa shape index (κ3) is 4.10. The van der Waals surface area contributed by atoms with Gasteiger partial charge in [-0.25, -0.2) is 0 Å². The molecule has 0 aliphatic carbocycles. The van der Waals surface area contributed by atoms with Crippen LogP contribution in [0.1, 0.15) is 38.2 Å². The number of ether oxygens (including phenoxy) is 1. The second-order valence-corrected chi connectivity index (χ2v) is 7.21. The van der Waals surface area contributed by atoms with Crippen molar-refractivity contribution in [3.63, 3.8) is 0 Å². The lowest BCUT2D eigenvalue weighted by Gasteiger charge is -2.23. The molecular weight excluding hydrogens is 378 g/mol. The molecule has 0 saturated carbocycles. The summed E-state index contributed by atoms with van der Waals surface area (Å²) in [5.41, 5.74) is 4.07. The van der Waals surface area contributed by atoms with E-state index < -0.39 is 0 Å². The van der Waals surface area contributed by atoms with Crippen LogP contribution < -0.4 is 4.74 Å². The van der Waals surface area contributed by atoms with Crippen molar-refractivity contribution in [2.24, 2.45) is 4.99 Å². The molecule has 154 valence electrons. The molecule has 0 atom stereocenters. The van der Waals surface area contributed by atoms with Crippen molar-refractivity contribution in [2.75, 3.05) is 13.7 Å². The minimum Gasteiger partial charge on any atom is -0.497 e. The summed E-state index contributed by atoms with van der Waals surface area (Å²) in [5, 5.41) is 9.24. The molecule has 0 radical (unpaired) electrons. The van der Waals surface area contributed by atoms with Gasteiger partial charge < -0.3 is 9.64 Å². The molecule has 0 unspecified atom stereocenters. The minimum absolute atomic E-state index is 0.125. The Morgan fingerprint density at radius 2 is 1.93 bits per heavy atom. The fraction of sp³-hybridized carbons (Fsp3) is 0.304. The predicted octanol–water partition coefficient (Wildman–Crippen LogP) is 4.11. The molecule has 30 heavy (non-hydrogen) atoms. The molecule has 0 spiro atoms. The van der Waals surface area contributed by atoms with Gasteiger partial charge in [-0.15, -0.1) is 15.0 Å². The van der Waals surface area contributed by atoms with Crippen molar-refractivity contribution >= 4 is 22.7 Å². The number of benzene rings is 2. The van der Waals surface area contributed by atoms with Crippen molar-refractivity contribution in [1.29, 1.82) is 0 Å². The maximum absolute atomic E-state index is 12.6. The van der Waals surface area contributed by atoms with Crippen LogP contribution in [0.15, 0.2) is 59.9 Å². The third-order valence-electron chi connectivity index (χ3n) is 5.13. The molecule has 0 N–H and O–H groups in total. The van der Waals surface area contributed by atoms with E-state index in [1.807, 2.05) is 42.5 Å². The van der Waals surface area contributed by atoms with E-state index >= 15 is 0 Å². The lowest BCUT2D eigenvalue weighted by molar-refractivity contribution is -0.128. The van der Waals surface area contributed by atoms with E-state index in [1.165, 1.54) is 0 Å². The molecule has 2 heterocycles. The summed E-state index contributed by atoms with van der Waals surface area (Å²) in [6, 6.07) is 13.5. The van der Waals surface area contributed by atoms with Gasteiger partial charge in [0.2, 0.25) is 5.91 Å². The minimum atomic E-state index is 0.125. The van der Waals surface area contributed by atoms with Gasteiger partial charge in [0.1, 0.15) is 16.8 Å². The fourth-order valence-electron chi connectivity index (χ4n) is 3.48. The summed E-state index contributed by atoms with van der Waals surface area (Å²) in [6.07, 6.45) is 7.08. The summed E-state index contributed by atoms with van der Waals surface area (Å²) >= 11 is 0. The lowest BCUT2D eigenvalue weighted by Crippen LogP contribution is -2.33. The average Bonchev–Trinajstić information content (AvgIpc) is 3.22. The van der Waals surface area contributed by atoms with Crippen LogP contribution in [0.5, 0.6) is 5.75 Å². The van der Waals surface area contributed by atoms with E-state index in [0.717, 1.165) is 53.0 Å². The van der Waals surface area contributed by atoms with Crippen molar-refractivity contribution < 1.29 is 9.53 Å². The molecule has 2 aromatic carbocycles. The molecule has 4 rings (SSSR count). The van der Waals surface area contributed by atoms with E-state index in [9.17, 15) is 4.79 Å². The Balaban J connectivity index is 1.61. The summed E-state index contributed by atoms with van der Waals surface area (Å²) in [6.45, 7) is 2.57. The third-order valence-corrected chi connectivity index (χ3v) is 5.13. The Morgan fingerprint density at radius 3 is 2.77 bits per heavy atom. The van der Waals surface area contributed by atoms with Gasteiger partial charge in [0.25, 0.3) is 0 Å². The summed E-state index contributed by atoms with van der Waals surface area (Å²) < 4.78 is 5.28. The first-order valence-corrected chi connectivity index (χ1v) is 10.2. The van der Waals surface area contributed by atoms with Gasteiger partial charge in [0, 0.05) is 30.5 Å². The average molecular weight is 403 g/mol. The van der Waals surface area contributed by atoms with Crippen molar-refractivity contribution in [3.8, 4) is 11.4 Å². The highest BCUT2D eigenvalue weighted by Gasteiger charge is 2.20. The summed E-state index contributed by atoms with van der Waals surface area (Å²) in [4.78, 5) is 20.5. The summed E-state index contributed by atoms with van der Waals surface area (Å²) in [7, 11) is 1.63. The van der Waals surface area contributed by atoms with E-state index in [4.69, 9.17) is 4.74 Å². The van der Waals surface area contributed by atoms with Gasteiger partial charge in [-0.1, -0.05) is 38.0 Å². The molecule has 7 nitrogen and oxygen atoms in total. The van der Waals surface area contributed by atoms with Crippen molar-refractivity contribution in [2.45, 2.75) is 32.6 Å². The maximum atomic E-state index is 12.6. The van der Waals surface area contributed by atoms with Crippen LogP contribution >= 0.6 is 0 Å². The first-order chi connectivity index (χ1) is 14.7. The normalized spacial score (nSPS) is 13.5. The molecule has 0 bridgehead atoms. The van der Waals surface area contributed by atoms with E-state index in [0.29, 0.717) is 13.0 Å². The number of aromatic nitrogens is 3. The van der Waals surface area contributed by atoms with E-state index in [2.05, 4.69) is 22.1 Å². The van der Waals surface area contributed by atoms with E-state index in [-0.39, 0.29) is 5.91 Å². The zero-order valence-corrected chi connectivity index (χ0v) is 17.3. The molecule has 3 aromatic rings. The number of fused-ring (bicyclic) bond motifs is 1. The number of carbonyl (C=O) groups is 1. The van der Waals surface area contributed by atoms with Gasteiger partial charge in [-0.2, -0.15) is 0 Å². The number of hydrogen-bond acceptors (Lipinski definition) is 5. The van der Waals surface area contributed by atoms with Crippen LogP contribution in [-0.4, -0.2) is 45.2 Å². The van der Waals surface area contributed by atoms with Crippen LogP contribution in [0, 0.1) is 0 Å². The lowest BCUT2D eigenvalue weighted by atomic mass is 10.1. The number of unbranched alkanes of at least 4 members (excludes halogenated alkanes) is 2. The van der Waals surface area contributed by atoms with Crippen LogP contribution in [0.3, 0.4) is 0 Å². The standard InChI is InChI=1S/C23H25N5O2/c1-3-4-5-10-23(29)27-14-13-24-21(16-27)18-8-6-7-9-22(18)28-25-19-12-11-17(30-2)15-20(19)26-28/h6-9,11-15H,3-5,10,16H2,1-2H3. The predicted molar refractivity (Wildman–Crippen MR) is 117 cm³/mol. The number of amides is 1. The number of aliphatic imine (C=N–C) groups is 1. The van der Waals surface area contributed by atoms with Gasteiger partial charge in [-0.3, -0.25) is 9.79 Å². The fourth-order valence-corrected chi connectivity index (χ4v) is 3.48. The van der Waals surface area contributed by atoms with Gasteiger partial charge in [0.15, 0.2) is 0 Å². The zero-order valence-electron chi connectivity index (χ0n) is 17.3. The Morgan fingerprint density at radius 1 is 1.10 bits per heavy atom. The highest BCUT2D eigenvalue weighted by molar-refractivity contribution is 6.07. The second kappa shape index (κ2) is 8.90. The molecule has 0 saturated heterocycles. The van der Waals surface area contributed by atoms with Gasteiger partial charge >= 0.3 is 0 Å². The number of rotatable bonds is 7. The number of hydrogen-bond donors (Lipinski definition) is 0. The van der Waals surface area contributed by atoms with Crippen LogP contribution in [-0.2, 0) is 4.79 Å². The Kier molecular flexibility index (Phi) is 5.88. The molecule has 1 aliphatic heterocycles. The van der Waals surface area contributed by atoms with Gasteiger partial charge in [0.05, 0.1) is 25.1 Å². The Labute approximate surface area is 175 Å². The number of carbonyl (C=O) groups excluding carboxylic acids is 1. The van der Waals surface area contributed by atoms with Crippen LogP contribution in [0.2, 0.25) is 0 Å². The number of nitrogens with zero attached hydrogens (tertiary/aromatic N) is 5. The summed E-state index contributed by atoms with van der Waals surface area (Å²) in [5.74, 6) is 0.862. The van der Waals surface area contributed by atoms with E-state index in [1.54, 1.807) is 29.2 Å². The topological polar surface area (TPSA) is 72.6 Å². The quantitative estimate of drug-likeness (QED) is 0.557. The maximum Gasteiger partial charge on any atom is 0.226 e. The highest BCUT2D eigenvalue weighted by atomic mass is 16.5. The Bertz CT molecular complexity index is 1120. The molecular formula is C23H25N5O2. The monoisotopic (exact) mass is 403 g/mol. The molecule has 0 fully saturated rings. The highest BCUT2D eigenvalue weighted by Crippen LogP contribution is 2.22. The second-order valence-electron chi connectivity index (χ2n) is 7.21. The molecule has 1 aromatic heterocycles. The molecule has 1 amide bonds. The molecule has 7 heteroatoms. The first kappa shape index (κ1) is 19.8. The smallest absolute Gasteiger partial charge is 0.226 e. The Hall–Kier alpha value is -3.48. The first-order valence-electron chi connectivity index (χ1n) is 10.2. The number of methoxy groups -OCH3 is 1.